The third kappa shape index (κ3) is 3.15. The minimum Gasteiger partial charge on any atom is -0.355 e. The smallest absolute Gasteiger partial charge is 0.277 e. The molecule has 0 saturated heterocycles. The number of rotatable bonds is 3. The molecule has 22 heavy (non-hydrogen) atoms. The van der Waals surface area contributed by atoms with E-state index in [4.69, 9.17) is 16.1 Å². The topological polar surface area (TPSA) is 55.1 Å². The molecule has 1 amide bonds. The Hall–Kier alpha value is -2.66. The molecule has 1 aromatic heterocycles. The lowest BCUT2D eigenvalue weighted by atomic mass is 10.1. The first-order valence-electron chi connectivity index (χ1n) is 6.41. The number of anilines is 1. The molecule has 0 unspecified atom stereocenters. The van der Waals surface area contributed by atoms with Gasteiger partial charge in [0.1, 0.15) is 5.82 Å². The molecular weight excluding hydrogens is 307 g/mol. The van der Waals surface area contributed by atoms with Crippen LogP contribution in [0.25, 0.3) is 11.3 Å². The van der Waals surface area contributed by atoms with Crippen LogP contribution in [0.15, 0.2) is 59.1 Å². The molecule has 0 spiro atoms. The number of benzene rings is 2. The second-order valence-corrected chi connectivity index (χ2v) is 4.98. The van der Waals surface area contributed by atoms with E-state index in [1.807, 2.05) is 0 Å². The van der Waals surface area contributed by atoms with Crippen LogP contribution in [0.1, 0.15) is 10.5 Å². The molecule has 0 aliphatic heterocycles. The molecule has 0 atom stereocenters. The predicted molar refractivity (Wildman–Crippen MR) is 81.3 cm³/mol. The first-order valence-corrected chi connectivity index (χ1v) is 6.79. The van der Waals surface area contributed by atoms with Crippen molar-refractivity contribution in [2.45, 2.75) is 0 Å². The summed E-state index contributed by atoms with van der Waals surface area (Å²) in [7, 11) is 0. The molecule has 2 aromatic carbocycles. The number of halogens is 2. The van der Waals surface area contributed by atoms with Crippen LogP contribution in [-0.2, 0) is 0 Å². The van der Waals surface area contributed by atoms with Gasteiger partial charge in [0.25, 0.3) is 5.91 Å². The second-order valence-electron chi connectivity index (χ2n) is 4.55. The van der Waals surface area contributed by atoms with Gasteiger partial charge in [0.05, 0.1) is 0 Å². The van der Waals surface area contributed by atoms with Crippen molar-refractivity contribution in [1.29, 1.82) is 0 Å². The van der Waals surface area contributed by atoms with E-state index in [1.54, 1.807) is 30.3 Å². The second kappa shape index (κ2) is 5.99. The minimum atomic E-state index is -0.477. The number of amides is 1. The Morgan fingerprint density at radius 3 is 2.64 bits per heavy atom. The highest BCUT2D eigenvalue weighted by molar-refractivity contribution is 6.30. The first kappa shape index (κ1) is 14.3. The van der Waals surface area contributed by atoms with Gasteiger partial charge in [0.15, 0.2) is 11.5 Å². The fourth-order valence-electron chi connectivity index (χ4n) is 1.89. The maximum Gasteiger partial charge on any atom is 0.277 e. The first-order chi connectivity index (χ1) is 10.6. The van der Waals surface area contributed by atoms with Crippen LogP contribution in [0.3, 0.4) is 0 Å². The normalized spacial score (nSPS) is 10.5. The van der Waals surface area contributed by atoms with Gasteiger partial charge in [-0.2, -0.15) is 0 Å². The van der Waals surface area contributed by atoms with Crippen molar-refractivity contribution in [2.24, 2.45) is 0 Å². The highest BCUT2D eigenvalue weighted by Gasteiger charge is 2.14. The lowest BCUT2D eigenvalue weighted by molar-refractivity contribution is 0.101. The van der Waals surface area contributed by atoms with Gasteiger partial charge in [-0.15, -0.1) is 0 Å². The van der Waals surface area contributed by atoms with Crippen LogP contribution in [0.2, 0.25) is 5.02 Å². The predicted octanol–water partition coefficient (Wildman–Crippen LogP) is 4.39. The summed E-state index contributed by atoms with van der Waals surface area (Å²) in [6, 6.07) is 14.1. The average molecular weight is 317 g/mol. The maximum absolute atomic E-state index is 13.1. The van der Waals surface area contributed by atoms with Crippen molar-refractivity contribution >= 4 is 23.2 Å². The Labute approximate surface area is 130 Å². The van der Waals surface area contributed by atoms with E-state index in [2.05, 4.69) is 10.5 Å². The monoisotopic (exact) mass is 316 g/mol. The molecule has 0 bridgehead atoms. The van der Waals surface area contributed by atoms with E-state index in [0.29, 0.717) is 16.5 Å². The van der Waals surface area contributed by atoms with E-state index in [1.165, 1.54) is 24.3 Å². The third-order valence-corrected chi connectivity index (χ3v) is 3.21. The van der Waals surface area contributed by atoms with Gasteiger partial charge in [-0.3, -0.25) is 4.79 Å². The quantitative estimate of drug-likeness (QED) is 0.779. The summed E-state index contributed by atoms with van der Waals surface area (Å²) < 4.78 is 18.2. The Morgan fingerprint density at radius 2 is 1.91 bits per heavy atom. The Bertz CT molecular complexity index is 815. The van der Waals surface area contributed by atoms with Crippen molar-refractivity contribution in [3.05, 3.63) is 71.1 Å². The van der Waals surface area contributed by atoms with Gasteiger partial charge in [-0.05, 0) is 42.5 Å². The van der Waals surface area contributed by atoms with Gasteiger partial charge in [-0.25, -0.2) is 4.39 Å². The number of aromatic nitrogens is 1. The molecule has 110 valence electrons. The molecule has 3 rings (SSSR count). The summed E-state index contributed by atoms with van der Waals surface area (Å²) in [5, 5.41) is 6.87. The average Bonchev–Trinajstić information content (AvgIpc) is 2.98. The molecule has 0 fully saturated rings. The fraction of sp³-hybridized carbons (Fsp3) is 0. The zero-order chi connectivity index (χ0) is 15.5. The largest absolute Gasteiger partial charge is 0.355 e. The molecule has 0 saturated carbocycles. The van der Waals surface area contributed by atoms with Crippen molar-refractivity contribution in [3.63, 3.8) is 0 Å². The van der Waals surface area contributed by atoms with Crippen molar-refractivity contribution in [3.8, 4) is 11.3 Å². The van der Waals surface area contributed by atoms with E-state index in [-0.39, 0.29) is 5.69 Å². The van der Waals surface area contributed by atoms with Crippen molar-refractivity contribution in [2.75, 3.05) is 5.32 Å². The van der Waals surface area contributed by atoms with Crippen LogP contribution in [0.5, 0.6) is 0 Å². The molecule has 3 aromatic rings. The van der Waals surface area contributed by atoms with Crippen LogP contribution < -0.4 is 5.32 Å². The summed E-state index contributed by atoms with van der Waals surface area (Å²) in [4.78, 5) is 12.0. The van der Waals surface area contributed by atoms with Crippen LogP contribution in [-0.4, -0.2) is 11.1 Å². The van der Waals surface area contributed by atoms with Crippen LogP contribution in [0, 0.1) is 5.82 Å². The lowest BCUT2D eigenvalue weighted by Gasteiger charge is -2.01. The Morgan fingerprint density at radius 1 is 1.14 bits per heavy atom. The van der Waals surface area contributed by atoms with E-state index < -0.39 is 11.7 Å². The molecule has 0 aliphatic carbocycles. The molecule has 6 heteroatoms. The molecule has 1 heterocycles. The van der Waals surface area contributed by atoms with Gasteiger partial charge in [0.2, 0.25) is 0 Å². The molecule has 4 nitrogen and oxygen atoms in total. The van der Waals surface area contributed by atoms with Crippen molar-refractivity contribution in [1.82, 2.24) is 5.16 Å². The number of nitrogens with one attached hydrogen (secondary N) is 1. The maximum atomic E-state index is 13.1. The summed E-state index contributed by atoms with van der Waals surface area (Å²) >= 11 is 5.82. The van der Waals surface area contributed by atoms with Crippen molar-refractivity contribution < 1.29 is 13.7 Å². The van der Waals surface area contributed by atoms with Gasteiger partial charge >= 0.3 is 0 Å². The molecule has 1 N–H and O–H groups in total. The number of nitrogens with zero attached hydrogens (tertiary/aromatic N) is 1. The number of carbonyl (C=O) groups excluding carboxylic acids is 1. The van der Waals surface area contributed by atoms with Gasteiger partial charge < -0.3 is 9.84 Å². The van der Waals surface area contributed by atoms with Gasteiger partial charge in [0, 0.05) is 22.3 Å². The van der Waals surface area contributed by atoms with Gasteiger partial charge in [-0.1, -0.05) is 22.8 Å². The fourth-order valence-corrected chi connectivity index (χ4v) is 2.02. The Balaban J connectivity index is 1.78. The zero-order valence-corrected chi connectivity index (χ0v) is 12.0. The highest BCUT2D eigenvalue weighted by atomic mass is 35.5. The number of carbonyl (C=O) groups is 1. The van der Waals surface area contributed by atoms with Crippen LogP contribution >= 0.6 is 11.6 Å². The standard InChI is InChI=1S/C16H10ClFN2O2/c17-11-6-4-10(5-7-11)15-9-14(20-22-15)16(21)19-13-3-1-2-12(18)8-13/h1-9H,(H,19,21). The highest BCUT2D eigenvalue weighted by Crippen LogP contribution is 2.22. The summed E-state index contributed by atoms with van der Waals surface area (Å²) in [5.74, 6) is -0.463. The molecule has 0 radical (unpaired) electrons. The Kier molecular flexibility index (Phi) is 3.89. The summed E-state index contributed by atoms with van der Waals surface area (Å²) in [6.45, 7) is 0. The zero-order valence-electron chi connectivity index (χ0n) is 11.2. The SMILES string of the molecule is O=C(Nc1cccc(F)c1)c1cc(-c2ccc(Cl)cc2)on1. The number of hydrogen-bond acceptors (Lipinski definition) is 3. The van der Waals surface area contributed by atoms with E-state index in [9.17, 15) is 9.18 Å². The van der Waals surface area contributed by atoms with Crippen LogP contribution in [0.4, 0.5) is 10.1 Å². The van der Waals surface area contributed by atoms with E-state index in [0.717, 1.165) is 5.56 Å². The van der Waals surface area contributed by atoms with E-state index >= 15 is 0 Å². The molecule has 0 aliphatic rings. The number of hydrogen-bond donors (Lipinski definition) is 1. The lowest BCUT2D eigenvalue weighted by Crippen LogP contribution is -2.12. The molecular formula is C16H10ClFN2O2. The summed E-state index contributed by atoms with van der Waals surface area (Å²) in [5.41, 5.74) is 1.21. The summed E-state index contributed by atoms with van der Waals surface area (Å²) in [6.07, 6.45) is 0. The third-order valence-electron chi connectivity index (χ3n) is 2.95. The minimum absolute atomic E-state index is 0.106.